The van der Waals surface area contributed by atoms with Gasteiger partial charge < -0.3 is 14.6 Å². The molecule has 0 spiro atoms. The second kappa shape index (κ2) is 9.63. The highest BCUT2D eigenvalue weighted by Crippen LogP contribution is 2.28. The number of carbonyl (C=O) groups is 1. The molecular weight excluding hydrogens is 436 g/mol. The van der Waals surface area contributed by atoms with Gasteiger partial charge in [0.2, 0.25) is 0 Å². The largest absolute Gasteiger partial charge is 0.424 e. The molecule has 168 valence electrons. The van der Waals surface area contributed by atoms with Crippen LogP contribution in [0.3, 0.4) is 0 Å². The summed E-state index contributed by atoms with van der Waals surface area (Å²) < 4.78 is 5.82. The van der Waals surface area contributed by atoms with E-state index in [4.69, 9.17) is 16.0 Å². The Bertz CT molecular complexity index is 1250. The summed E-state index contributed by atoms with van der Waals surface area (Å²) in [6.45, 7) is 1.10. The normalized spacial score (nSPS) is 14.0. The molecule has 0 saturated heterocycles. The molecule has 0 aliphatic heterocycles. The van der Waals surface area contributed by atoms with Crippen molar-refractivity contribution < 1.29 is 9.21 Å². The van der Waals surface area contributed by atoms with Crippen molar-refractivity contribution in [2.75, 3.05) is 5.32 Å². The summed E-state index contributed by atoms with van der Waals surface area (Å²) in [5, 5.41) is 3.88. The Hall–Kier alpha value is -3.38. The van der Waals surface area contributed by atoms with Crippen LogP contribution in [-0.2, 0) is 13.1 Å². The van der Waals surface area contributed by atoms with Crippen LogP contribution in [0.5, 0.6) is 0 Å². The Morgan fingerprint density at radius 2 is 1.94 bits per heavy atom. The van der Waals surface area contributed by atoms with E-state index in [1.54, 1.807) is 6.20 Å². The fourth-order valence-electron chi connectivity index (χ4n) is 4.40. The Balaban J connectivity index is 1.35. The Morgan fingerprint density at radius 3 is 2.73 bits per heavy atom. The van der Waals surface area contributed by atoms with Gasteiger partial charge in [-0.05, 0) is 60.4 Å². The summed E-state index contributed by atoms with van der Waals surface area (Å²) in [6.07, 6.45) is 7.97. The van der Waals surface area contributed by atoms with E-state index in [-0.39, 0.29) is 11.9 Å². The minimum atomic E-state index is 0.0177. The third kappa shape index (κ3) is 5.01. The molecule has 0 radical (unpaired) electrons. The summed E-state index contributed by atoms with van der Waals surface area (Å²) in [6, 6.07) is 17.7. The first-order valence-corrected chi connectivity index (χ1v) is 11.6. The van der Waals surface area contributed by atoms with E-state index in [0.29, 0.717) is 40.8 Å². The van der Waals surface area contributed by atoms with Crippen LogP contribution in [-0.4, -0.2) is 26.8 Å². The molecule has 1 amide bonds. The molecule has 33 heavy (non-hydrogen) atoms. The molecule has 1 aliphatic carbocycles. The molecule has 1 fully saturated rings. The number of halogens is 1. The standard InChI is InChI=1S/C26H25ClN4O2/c27-21-7-3-5-18(13-21)16-29-26-30-23-14-20(10-11-24(23)33-26)25(32)31(22-8-1-2-9-22)17-19-6-4-12-28-15-19/h3-7,10-15,22H,1-2,8-9,16-17H2,(H,29,30). The minimum absolute atomic E-state index is 0.0177. The second-order valence-electron chi connectivity index (χ2n) is 8.42. The number of rotatable bonds is 7. The number of nitrogens with zero attached hydrogens (tertiary/aromatic N) is 3. The van der Waals surface area contributed by atoms with Crippen LogP contribution in [0.1, 0.15) is 47.2 Å². The van der Waals surface area contributed by atoms with Crippen LogP contribution in [0.4, 0.5) is 6.01 Å². The maximum absolute atomic E-state index is 13.5. The third-order valence-electron chi connectivity index (χ3n) is 6.07. The molecule has 1 aliphatic rings. The van der Waals surface area contributed by atoms with E-state index in [2.05, 4.69) is 15.3 Å². The highest BCUT2D eigenvalue weighted by atomic mass is 35.5. The number of hydrogen-bond donors (Lipinski definition) is 1. The van der Waals surface area contributed by atoms with Crippen molar-refractivity contribution in [3.05, 3.63) is 88.7 Å². The molecule has 0 atom stereocenters. The first-order valence-electron chi connectivity index (χ1n) is 11.2. The number of pyridine rings is 1. The highest BCUT2D eigenvalue weighted by molar-refractivity contribution is 6.30. The molecule has 2 aromatic heterocycles. The molecule has 4 aromatic rings. The van der Waals surface area contributed by atoms with Crippen LogP contribution in [0.15, 0.2) is 71.4 Å². The lowest BCUT2D eigenvalue weighted by Gasteiger charge is -2.29. The molecular formula is C26H25ClN4O2. The SMILES string of the molecule is O=C(c1ccc2oc(NCc3cccc(Cl)c3)nc2c1)N(Cc1cccnc1)C1CCCC1. The van der Waals surface area contributed by atoms with Crippen molar-refractivity contribution in [1.82, 2.24) is 14.9 Å². The van der Waals surface area contributed by atoms with Crippen molar-refractivity contribution in [2.45, 2.75) is 44.8 Å². The lowest BCUT2D eigenvalue weighted by molar-refractivity contribution is 0.0664. The van der Waals surface area contributed by atoms with Gasteiger partial charge in [0.1, 0.15) is 5.52 Å². The number of amides is 1. The molecule has 7 heteroatoms. The molecule has 6 nitrogen and oxygen atoms in total. The van der Waals surface area contributed by atoms with Gasteiger partial charge in [-0.3, -0.25) is 9.78 Å². The average Bonchev–Trinajstić information content (AvgIpc) is 3.51. The van der Waals surface area contributed by atoms with Gasteiger partial charge in [-0.2, -0.15) is 4.98 Å². The third-order valence-corrected chi connectivity index (χ3v) is 6.30. The summed E-state index contributed by atoms with van der Waals surface area (Å²) >= 11 is 6.06. The lowest BCUT2D eigenvalue weighted by atomic mass is 10.1. The lowest BCUT2D eigenvalue weighted by Crippen LogP contribution is -2.38. The van der Waals surface area contributed by atoms with Gasteiger partial charge in [0.05, 0.1) is 0 Å². The predicted molar refractivity (Wildman–Crippen MR) is 129 cm³/mol. The zero-order valence-corrected chi connectivity index (χ0v) is 19.0. The van der Waals surface area contributed by atoms with E-state index < -0.39 is 0 Å². The van der Waals surface area contributed by atoms with Crippen LogP contribution in [0.2, 0.25) is 5.02 Å². The molecule has 5 rings (SSSR count). The smallest absolute Gasteiger partial charge is 0.295 e. The molecule has 1 saturated carbocycles. The van der Waals surface area contributed by atoms with Gasteiger partial charge in [-0.25, -0.2) is 0 Å². The molecule has 2 aromatic carbocycles. The van der Waals surface area contributed by atoms with Gasteiger partial charge >= 0.3 is 0 Å². The summed E-state index contributed by atoms with van der Waals surface area (Å²) in [7, 11) is 0. The van der Waals surface area contributed by atoms with Crippen molar-refractivity contribution in [3.8, 4) is 0 Å². The molecule has 2 heterocycles. The van der Waals surface area contributed by atoms with E-state index in [9.17, 15) is 4.79 Å². The topological polar surface area (TPSA) is 71.3 Å². The van der Waals surface area contributed by atoms with Crippen LogP contribution < -0.4 is 5.32 Å². The molecule has 0 bridgehead atoms. The maximum Gasteiger partial charge on any atom is 0.295 e. The van der Waals surface area contributed by atoms with Crippen molar-refractivity contribution in [1.29, 1.82) is 0 Å². The van der Waals surface area contributed by atoms with E-state index in [0.717, 1.165) is 36.8 Å². The Morgan fingerprint density at radius 1 is 1.09 bits per heavy atom. The average molecular weight is 461 g/mol. The monoisotopic (exact) mass is 460 g/mol. The van der Waals surface area contributed by atoms with Gasteiger partial charge in [0, 0.05) is 42.1 Å². The second-order valence-corrected chi connectivity index (χ2v) is 8.85. The van der Waals surface area contributed by atoms with Crippen molar-refractivity contribution in [2.24, 2.45) is 0 Å². The van der Waals surface area contributed by atoms with E-state index in [1.165, 1.54) is 0 Å². The number of anilines is 1. The number of carbonyl (C=O) groups excluding carboxylic acids is 1. The van der Waals surface area contributed by atoms with E-state index >= 15 is 0 Å². The Kier molecular flexibility index (Phi) is 6.26. The highest BCUT2D eigenvalue weighted by Gasteiger charge is 2.28. The van der Waals surface area contributed by atoms with Gasteiger partial charge in [-0.15, -0.1) is 0 Å². The molecule has 1 N–H and O–H groups in total. The summed E-state index contributed by atoms with van der Waals surface area (Å²) in [5.41, 5.74) is 3.98. The van der Waals surface area contributed by atoms with Gasteiger partial charge in [0.15, 0.2) is 5.58 Å². The minimum Gasteiger partial charge on any atom is -0.424 e. The number of nitrogens with one attached hydrogen (secondary N) is 1. The summed E-state index contributed by atoms with van der Waals surface area (Å²) in [5.74, 6) is 0.0177. The number of aromatic nitrogens is 2. The zero-order valence-electron chi connectivity index (χ0n) is 18.2. The predicted octanol–water partition coefficient (Wildman–Crippen LogP) is 6.07. The number of oxazole rings is 1. The number of benzene rings is 2. The van der Waals surface area contributed by atoms with Gasteiger partial charge in [-0.1, -0.05) is 42.6 Å². The van der Waals surface area contributed by atoms with E-state index in [1.807, 2.05) is 65.7 Å². The van der Waals surface area contributed by atoms with Crippen LogP contribution in [0.25, 0.3) is 11.1 Å². The molecule has 0 unspecified atom stereocenters. The fraction of sp³-hybridized carbons (Fsp3) is 0.269. The maximum atomic E-state index is 13.5. The van der Waals surface area contributed by atoms with Crippen molar-refractivity contribution >= 4 is 34.6 Å². The number of hydrogen-bond acceptors (Lipinski definition) is 5. The first kappa shape index (κ1) is 21.5. The van der Waals surface area contributed by atoms with Crippen LogP contribution >= 0.6 is 11.6 Å². The Labute approximate surface area is 197 Å². The first-order chi connectivity index (χ1) is 16.2. The van der Waals surface area contributed by atoms with Crippen LogP contribution in [0, 0.1) is 0 Å². The van der Waals surface area contributed by atoms with Gasteiger partial charge in [0.25, 0.3) is 11.9 Å². The summed E-state index contributed by atoms with van der Waals surface area (Å²) in [4.78, 5) is 24.3. The fourth-order valence-corrected chi connectivity index (χ4v) is 4.61. The zero-order chi connectivity index (χ0) is 22.6. The van der Waals surface area contributed by atoms with Crippen molar-refractivity contribution in [3.63, 3.8) is 0 Å². The number of fused-ring (bicyclic) bond motifs is 1. The quantitative estimate of drug-likeness (QED) is 0.362.